The van der Waals surface area contributed by atoms with E-state index in [2.05, 4.69) is 12.2 Å². The lowest BCUT2D eigenvalue weighted by Gasteiger charge is -2.29. The number of hydrogen-bond donors (Lipinski definition) is 1. The van der Waals surface area contributed by atoms with E-state index in [0.29, 0.717) is 32.2 Å². The average molecular weight is 357 g/mol. The highest BCUT2D eigenvalue weighted by atomic mass is 32.2. The van der Waals surface area contributed by atoms with Gasteiger partial charge in [0, 0.05) is 32.8 Å². The molecule has 0 bridgehead atoms. The molecule has 1 heterocycles. The first-order valence-electron chi connectivity index (χ1n) is 7.87. The molecule has 0 saturated carbocycles. The third-order valence-electron chi connectivity index (χ3n) is 4.17. The Morgan fingerprint density at radius 2 is 2.04 bits per heavy atom. The molecule has 1 saturated heterocycles. The highest BCUT2D eigenvalue weighted by molar-refractivity contribution is 7.89. The Morgan fingerprint density at radius 1 is 1.38 bits per heavy atom. The van der Waals surface area contributed by atoms with Crippen molar-refractivity contribution in [3.63, 3.8) is 0 Å². The van der Waals surface area contributed by atoms with E-state index in [-0.39, 0.29) is 16.3 Å². The zero-order chi connectivity index (χ0) is 17.7. The summed E-state index contributed by atoms with van der Waals surface area (Å²) < 4.78 is 31.7. The van der Waals surface area contributed by atoms with E-state index in [1.54, 1.807) is 0 Å². The quantitative estimate of drug-likeness (QED) is 0.455. The molecule has 1 aliphatic rings. The molecule has 1 N–H and O–H groups in total. The number of rotatable bonds is 7. The van der Waals surface area contributed by atoms with E-state index >= 15 is 0 Å². The number of piperidine rings is 1. The molecule has 24 heavy (non-hydrogen) atoms. The summed E-state index contributed by atoms with van der Waals surface area (Å²) in [5.74, 6) is 0.498. The summed E-state index contributed by atoms with van der Waals surface area (Å²) in [5, 5.41) is 14.2. The highest BCUT2D eigenvalue weighted by Crippen LogP contribution is 2.30. The van der Waals surface area contributed by atoms with Crippen molar-refractivity contribution in [2.45, 2.75) is 24.7 Å². The largest absolute Gasteiger partial charge is 0.383 e. The maximum atomic E-state index is 12.7. The summed E-state index contributed by atoms with van der Waals surface area (Å²) in [4.78, 5) is 10.7. The number of nitrogens with one attached hydrogen (secondary N) is 1. The van der Waals surface area contributed by atoms with Gasteiger partial charge in [-0.1, -0.05) is 6.92 Å². The van der Waals surface area contributed by atoms with Crippen molar-refractivity contribution in [3.05, 3.63) is 28.3 Å². The molecule has 0 amide bonds. The number of ether oxygens (including phenoxy) is 1. The van der Waals surface area contributed by atoms with Crippen molar-refractivity contribution in [3.8, 4) is 0 Å². The molecule has 1 aromatic rings. The lowest BCUT2D eigenvalue weighted by Crippen LogP contribution is -2.37. The summed E-state index contributed by atoms with van der Waals surface area (Å²) in [6.07, 6.45) is 1.61. The van der Waals surface area contributed by atoms with Gasteiger partial charge in [-0.15, -0.1) is 0 Å². The van der Waals surface area contributed by atoms with Crippen molar-refractivity contribution in [2.24, 2.45) is 5.92 Å². The van der Waals surface area contributed by atoms with Crippen LogP contribution >= 0.6 is 0 Å². The van der Waals surface area contributed by atoms with Crippen LogP contribution in [0.25, 0.3) is 0 Å². The van der Waals surface area contributed by atoms with Crippen LogP contribution in [0.3, 0.4) is 0 Å². The first kappa shape index (κ1) is 18.6. The molecule has 0 aromatic heterocycles. The van der Waals surface area contributed by atoms with Gasteiger partial charge in [0.05, 0.1) is 16.4 Å². The van der Waals surface area contributed by atoms with E-state index in [0.717, 1.165) is 18.9 Å². The smallest absolute Gasteiger partial charge is 0.293 e. The summed E-state index contributed by atoms with van der Waals surface area (Å²) in [6, 6.07) is 3.98. The van der Waals surface area contributed by atoms with Gasteiger partial charge in [0.15, 0.2) is 0 Å². The Labute approximate surface area is 142 Å². The lowest BCUT2D eigenvalue weighted by molar-refractivity contribution is -0.384. The molecule has 0 spiro atoms. The minimum Gasteiger partial charge on any atom is -0.383 e. The Morgan fingerprint density at radius 3 is 2.62 bits per heavy atom. The van der Waals surface area contributed by atoms with Crippen LogP contribution < -0.4 is 5.32 Å². The van der Waals surface area contributed by atoms with Crippen molar-refractivity contribution < 1.29 is 18.1 Å². The normalized spacial score (nSPS) is 16.9. The van der Waals surface area contributed by atoms with Crippen LogP contribution in [0, 0.1) is 16.0 Å². The molecule has 9 heteroatoms. The molecule has 2 rings (SSSR count). The minimum absolute atomic E-state index is 0.0407. The zero-order valence-corrected chi connectivity index (χ0v) is 14.7. The van der Waals surface area contributed by atoms with Gasteiger partial charge in [-0.2, -0.15) is 4.31 Å². The molecule has 1 fully saturated rings. The zero-order valence-electron chi connectivity index (χ0n) is 13.9. The van der Waals surface area contributed by atoms with Crippen molar-refractivity contribution >= 4 is 21.4 Å². The number of nitrogens with zero attached hydrogens (tertiary/aromatic N) is 2. The van der Waals surface area contributed by atoms with E-state index < -0.39 is 14.9 Å². The Hall–Kier alpha value is -1.71. The number of benzene rings is 1. The van der Waals surface area contributed by atoms with Crippen LogP contribution in [0.2, 0.25) is 0 Å². The van der Waals surface area contributed by atoms with E-state index in [4.69, 9.17) is 4.74 Å². The van der Waals surface area contributed by atoms with Gasteiger partial charge in [-0.3, -0.25) is 10.1 Å². The SMILES string of the molecule is COCCNc1ccc(S(=O)(=O)N2CCC(C)CC2)cc1[N+](=O)[O-]. The fraction of sp³-hybridized carbons (Fsp3) is 0.600. The number of hydrogen-bond acceptors (Lipinski definition) is 6. The van der Waals surface area contributed by atoms with Crippen molar-refractivity contribution in [1.82, 2.24) is 4.31 Å². The van der Waals surface area contributed by atoms with Crippen LogP contribution in [0.4, 0.5) is 11.4 Å². The van der Waals surface area contributed by atoms with Crippen LogP contribution in [0.1, 0.15) is 19.8 Å². The highest BCUT2D eigenvalue weighted by Gasteiger charge is 2.30. The molecule has 0 aliphatic carbocycles. The third-order valence-corrected chi connectivity index (χ3v) is 6.06. The van der Waals surface area contributed by atoms with Crippen LogP contribution in [0.15, 0.2) is 23.1 Å². The van der Waals surface area contributed by atoms with Gasteiger partial charge in [-0.25, -0.2) is 8.42 Å². The Balaban J connectivity index is 2.26. The fourth-order valence-electron chi connectivity index (χ4n) is 2.63. The summed E-state index contributed by atoms with van der Waals surface area (Å²) in [5.41, 5.74) is 0.0285. The number of nitro benzene ring substituents is 1. The van der Waals surface area contributed by atoms with E-state index in [1.165, 1.54) is 23.5 Å². The molecule has 1 aromatic carbocycles. The standard InChI is InChI=1S/C15H23N3O5S/c1-12-5-8-17(9-6-12)24(21,22)13-3-4-14(16-7-10-23-2)15(11-13)18(19)20/h3-4,11-12,16H,5-10H2,1-2H3. The Kier molecular flexibility index (Phi) is 6.14. The predicted molar refractivity (Wildman–Crippen MR) is 90.6 cm³/mol. The second-order valence-corrected chi connectivity index (χ2v) is 7.88. The van der Waals surface area contributed by atoms with Crippen LogP contribution in [-0.4, -0.2) is 51.0 Å². The van der Waals surface area contributed by atoms with E-state index in [1.807, 2.05) is 0 Å². The number of nitro groups is 1. The van der Waals surface area contributed by atoms with E-state index in [9.17, 15) is 18.5 Å². The minimum atomic E-state index is -3.71. The number of methoxy groups -OCH3 is 1. The Bertz CT molecular complexity index is 684. The first-order valence-corrected chi connectivity index (χ1v) is 9.31. The summed E-state index contributed by atoms with van der Waals surface area (Å²) >= 11 is 0. The number of anilines is 1. The third kappa shape index (κ3) is 4.22. The topological polar surface area (TPSA) is 102 Å². The molecule has 0 unspecified atom stereocenters. The maximum absolute atomic E-state index is 12.7. The lowest BCUT2D eigenvalue weighted by atomic mass is 10.0. The van der Waals surface area contributed by atoms with Crippen LogP contribution in [-0.2, 0) is 14.8 Å². The molecule has 0 radical (unpaired) electrons. The van der Waals surface area contributed by atoms with Gasteiger partial charge >= 0.3 is 0 Å². The number of sulfonamides is 1. The van der Waals surface area contributed by atoms with Crippen molar-refractivity contribution in [1.29, 1.82) is 0 Å². The van der Waals surface area contributed by atoms with Gasteiger partial charge in [-0.05, 0) is 30.9 Å². The molecule has 1 aliphatic heterocycles. The average Bonchev–Trinajstić information content (AvgIpc) is 2.55. The molecule has 134 valence electrons. The summed E-state index contributed by atoms with van der Waals surface area (Å²) in [7, 11) is -2.17. The monoisotopic (exact) mass is 357 g/mol. The van der Waals surface area contributed by atoms with Crippen molar-refractivity contribution in [2.75, 3.05) is 38.7 Å². The van der Waals surface area contributed by atoms with Gasteiger partial charge < -0.3 is 10.1 Å². The van der Waals surface area contributed by atoms with Crippen LogP contribution in [0.5, 0.6) is 0 Å². The van der Waals surface area contributed by atoms with Gasteiger partial charge in [0.2, 0.25) is 10.0 Å². The second kappa shape index (κ2) is 7.91. The molecule has 8 nitrogen and oxygen atoms in total. The summed E-state index contributed by atoms with van der Waals surface area (Å²) in [6.45, 7) is 3.78. The predicted octanol–water partition coefficient (Wildman–Crippen LogP) is 2.07. The maximum Gasteiger partial charge on any atom is 0.293 e. The van der Waals surface area contributed by atoms with Gasteiger partial charge in [0.25, 0.3) is 5.69 Å². The second-order valence-electron chi connectivity index (χ2n) is 5.94. The molecule has 0 atom stereocenters. The van der Waals surface area contributed by atoms with Gasteiger partial charge in [0.1, 0.15) is 5.69 Å². The fourth-order valence-corrected chi connectivity index (χ4v) is 4.12. The first-order chi connectivity index (χ1) is 11.4. The molecular formula is C15H23N3O5S. The molecular weight excluding hydrogens is 334 g/mol.